The minimum atomic E-state index is -1.28. The molecule has 0 aliphatic rings. The Morgan fingerprint density at radius 3 is 2.54 bits per heavy atom. The van der Waals surface area contributed by atoms with Gasteiger partial charge in [-0.05, 0) is 25.8 Å². The van der Waals surface area contributed by atoms with Crippen molar-refractivity contribution >= 4 is 23.3 Å². The van der Waals surface area contributed by atoms with Gasteiger partial charge in [0.15, 0.2) is 5.54 Å². The van der Waals surface area contributed by atoms with Crippen LogP contribution in [0, 0.1) is 10.1 Å². The van der Waals surface area contributed by atoms with Gasteiger partial charge < -0.3 is 10.4 Å². The number of nitrogens with one attached hydrogen (secondary N) is 1. The van der Waals surface area contributed by atoms with E-state index in [1.54, 1.807) is 6.07 Å². The van der Waals surface area contributed by atoms with E-state index in [4.69, 9.17) is 0 Å². The highest BCUT2D eigenvalue weighted by molar-refractivity contribution is 6.04. The molecule has 26 heavy (non-hydrogen) atoms. The number of anilines is 1. The molecule has 1 amide bonds. The van der Waals surface area contributed by atoms with Crippen LogP contribution in [0.2, 0.25) is 0 Å². The molecule has 0 aliphatic heterocycles. The highest BCUT2D eigenvalue weighted by atomic mass is 16.6. The third kappa shape index (κ3) is 3.71. The van der Waals surface area contributed by atoms with Crippen LogP contribution in [0.5, 0.6) is 0 Å². The number of aromatic nitrogens is 2. The van der Waals surface area contributed by atoms with E-state index < -0.39 is 22.3 Å². The van der Waals surface area contributed by atoms with Crippen molar-refractivity contribution in [1.29, 1.82) is 0 Å². The molecule has 138 valence electrons. The summed E-state index contributed by atoms with van der Waals surface area (Å²) in [5.74, 6) is -1.67. The molecule has 1 aromatic heterocycles. The summed E-state index contributed by atoms with van der Waals surface area (Å²) in [5, 5.41) is 27.0. The lowest BCUT2D eigenvalue weighted by molar-refractivity contribution is -0.385. The number of amides is 1. The Labute approximate surface area is 149 Å². The summed E-state index contributed by atoms with van der Waals surface area (Å²) >= 11 is 0. The summed E-state index contributed by atoms with van der Waals surface area (Å²) in [7, 11) is 0. The predicted octanol–water partition coefficient (Wildman–Crippen LogP) is 2.99. The number of nitrogens with zero attached hydrogens (tertiary/aromatic N) is 3. The van der Waals surface area contributed by atoms with Crippen molar-refractivity contribution in [3.8, 4) is 0 Å². The fourth-order valence-electron chi connectivity index (χ4n) is 2.33. The lowest BCUT2D eigenvalue weighted by Crippen LogP contribution is -2.35. The summed E-state index contributed by atoms with van der Waals surface area (Å²) in [6, 6.07) is 4.31. The van der Waals surface area contributed by atoms with E-state index in [0.717, 1.165) is 0 Å². The Kier molecular flexibility index (Phi) is 5.10. The number of carboxylic acids is 1. The van der Waals surface area contributed by atoms with Crippen LogP contribution in [0.1, 0.15) is 49.5 Å². The smallest absolute Gasteiger partial charge is 0.331 e. The van der Waals surface area contributed by atoms with Crippen LogP contribution in [0.4, 0.5) is 11.4 Å². The standard InChI is InChI=1S/C17H20N4O5/c1-10(2)13-6-5-11(7-14(13)21(25)26)15(22)19-12-8-18-20(9-12)17(3,4)16(23)24/h5-10H,1-4H3,(H,19,22)(H,23,24). The number of rotatable bonds is 6. The maximum absolute atomic E-state index is 12.4. The van der Waals surface area contributed by atoms with Gasteiger partial charge in [0.1, 0.15) is 0 Å². The topological polar surface area (TPSA) is 127 Å². The second-order valence-electron chi connectivity index (χ2n) is 6.68. The SMILES string of the molecule is CC(C)c1ccc(C(=O)Nc2cnn(C(C)(C)C(=O)O)c2)cc1[N+](=O)[O-]. The molecular formula is C17H20N4O5. The molecule has 9 heteroatoms. The summed E-state index contributed by atoms with van der Waals surface area (Å²) in [6.45, 7) is 6.62. The highest BCUT2D eigenvalue weighted by Gasteiger charge is 2.30. The van der Waals surface area contributed by atoms with E-state index >= 15 is 0 Å². The second-order valence-corrected chi connectivity index (χ2v) is 6.68. The van der Waals surface area contributed by atoms with Crippen molar-refractivity contribution in [3.05, 3.63) is 51.8 Å². The molecule has 0 bridgehead atoms. The van der Waals surface area contributed by atoms with Gasteiger partial charge in [0.05, 0.1) is 16.8 Å². The number of carboxylic acid groups (broad SMARTS) is 1. The lowest BCUT2D eigenvalue weighted by atomic mass is 9.99. The number of nitro benzene ring substituents is 1. The average molecular weight is 360 g/mol. The number of carbonyl (C=O) groups is 2. The number of carbonyl (C=O) groups excluding carboxylic acids is 1. The molecule has 1 heterocycles. The monoisotopic (exact) mass is 360 g/mol. The maximum atomic E-state index is 12.4. The summed E-state index contributed by atoms with van der Waals surface area (Å²) < 4.78 is 1.22. The molecule has 2 rings (SSSR count). The number of aliphatic carboxylic acids is 1. The number of nitro groups is 1. The zero-order chi connectivity index (χ0) is 19.6. The zero-order valence-electron chi connectivity index (χ0n) is 14.9. The third-order valence-electron chi connectivity index (χ3n) is 4.05. The molecule has 0 spiro atoms. The first-order valence-corrected chi connectivity index (χ1v) is 7.92. The zero-order valence-corrected chi connectivity index (χ0v) is 14.9. The van der Waals surface area contributed by atoms with Crippen LogP contribution in [-0.2, 0) is 10.3 Å². The largest absolute Gasteiger partial charge is 0.479 e. The Balaban J connectivity index is 2.26. The molecule has 0 saturated heterocycles. The minimum Gasteiger partial charge on any atom is -0.479 e. The van der Waals surface area contributed by atoms with E-state index in [9.17, 15) is 24.8 Å². The van der Waals surface area contributed by atoms with Gasteiger partial charge in [-0.1, -0.05) is 19.9 Å². The predicted molar refractivity (Wildman–Crippen MR) is 94.3 cm³/mol. The quantitative estimate of drug-likeness (QED) is 0.602. The first-order chi connectivity index (χ1) is 12.0. The van der Waals surface area contributed by atoms with Crippen LogP contribution >= 0.6 is 0 Å². The van der Waals surface area contributed by atoms with E-state index in [0.29, 0.717) is 11.3 Å². The maximum Gasteiger partial charge on any atom is 0.331 e. The molecule has 0 unspecified atom stereocenters. The molecule has 2 N–H and O–H groups in total. The molecule has 0 saturated carbocycles. The minimum absolute atomic E-state index is 0.0519. The van der Waals surface area contributed by atoms with Gasteiger partial charge in [0.25, 0.3) is 11.6 Å². The first kappa shape index (κ1) is 19.1. The van der Waals surface area contributed by atoms with Crippen molar-refractivity contribution in [1.82, 2.24) is 9.78 Å². The van der Waals surface area contributed by atoms with Crippen LogP contribution in [0.15, 0.2) is 30.6 Å². The third-order valence-corrected chi connectivity index (χ3v) is 4.05. The molecule has 2 aromatic rings. The molecule has 9 nitrogen and oxygen atoms in total. The van der Waals surface area contributed by atoms with Gasteiger partial charge in [-0.3, -0.25) is 19.6 Å². The molecule has 1 aromatic carbocycles. The normalized spacial score (nSPS) is 11.4. The first-order valence-electron chi connectivity index (χ1n) is 7.92. The number of hydrogen-bond donors (Lipinski definition) is 2. The van der Waals surface area contributed by atoms with Gasteiger partial charge in [-0.2, -0.15) is 5.10 Å². The fourth-order valence-corrected chi connectivity index (χ4v) is 2.33. The molecule has 0 radical (unpaired) electrons. The Morgan fingerprint density at radius 2 is 2.00 bits per heavy atom. The van der Waals surface area contributed by atoms with Gasteiger partial charge in [-0.25, -0.2) is 4.79 Å². The fraction of sp³-hybridized carbons (Fsp3) is 0.353. The van der Waals surface area contributed by atoms with Crippen molar-refractivity contribution < 1.29 is 19.6 Å². The number of hydrogen-bond acceptors (Lipinski definition) is 5. The Hall–Kier alpha value is -3.23. The number of benzene rings is 1. The van der Waals surface area contributed by atoms with E-state index in [1.807, 2.05) is 13.8 Å². The Morgan fingerprint density at radius 1 is 1.35 bits per heavy atom. The summed E-state index contributed by atoms with van der Waals surface area (Å²) in [4.78, 5) is 34.4. The van der Waals surface area contributed by atoms with E-state index in [1.165, 1.54) is 43.1 Å². The van der Waals surface area contributed by atoms with Crippen molar-refractivity contribution in [3.63, 3.8) is 0 Å². The van der Waals surface area contributed by atoms with E-state index in [-0.39, 0.29) is 17.2 Å². The lowest BCUT2D eigenvalue weighted by Gasteiger charge is -2.19. The molecule has 0 fully saturated rings. The second kappa shape index (κ2) is 6.95. The highest BCUT2D eigenvalue weighted by Crippen LogP contribution is 2.27. The summed E-state index contributed by atoms with van der Waals surface area (Å²) in [6.07, 6.45) is 2.71. The molecular weight excluding hydrogens is 340 g/mol. The van der Waals surface area contributed by atoms with Gasteiger partial charge in [-0.15, -0.1) is 0 Å². The van der Waals surface area contributed by atoms with Crippen molar-refractivity contribution in [2.24, 2.45) is 0 Å². The molecule has 0 aliphatic carbocycles. The van der Waals surface area contributed by atoms with Crippen molar-refractivity contribution in [2.75, 3.05) is 5.32 Å². The van der Waals surface area contributed by atoms with E-state index in [2.05, 4.69) is 10.4 Å². The molecule has 0 atom stereocenters. The van der Waals surface area contributed by atoms with Gasteiger partial charge >= 0.3 is 5.97 Å². The summed E-state index contributed by atoms with van der Waals surface area (Å²) in [5.41, 5.74) is -0.426. The van der Waals surface area contributed by atoms with Crippen LogP contribution in [0.25, 0.3) is 0 Å². The van der Waals surface area contributed by atoms with Crippen LogP contribution < -0.4 is 5.32 Å². The Bertz CT molecular complexity index is 870. The van der Waals surface area contributed by atoms with Gasteiger partial charge in [0, 0.05) is 23.4 Å². The van der Waals surface area contributed by atoms with Crippen LogP contribution in [-0.4, -0.2) is 31.7 Å². The average Bonchev–Trinajstić information content (AvgIpc) is 3.03. The van der Waals surface area contributed by atoms with Gasteiger partial charge in [0.2, 0.25) is 0 Å². The van der Waals surface area contributed by atoms with Crippen molar-refractivity contribution in [2.45, 2.75) is 39.2 Å². The van der Waals surface area contributed by atoms with Crippen LogP contribution in [0.3, 0.4) is 0 Å².